The Kier molecular flexibility index (Phi) is 8.24. The summed E-state index contributed by atoms with van der Waals surface area (Å²) in [5, 5.41) is 2.20. The van der Waals surface area contributed by atoms with Crippen LogP contribution in [0.2, 0.25) is 0 Å². The molecule has 0 amide bonds. The van der Waals surface area contributed by atoms with Gasteiger partial charge >= 0.3 is 5.97 Å². The number of para-hydroxylation sites is 2. The van der Waals surface area contributed by atoms with Gasteiger partial charge in [0.25, 0.3) is 0 Å². The van der Waals surface area contributed by atoms with E-state index in [2.05, 4.69) is 12.1 Å². The van der Waals surface area contributed by atoms with Gasteiger partial charge in [-0.15, -0.1) is 0 Å². The Balaban J connectivity index is 1.18. The number of esters is 1. The standard InChI is InChI=1S/C38H34N2O4/c1-38(2,37(41)42-3)36(28-14-20-32(21-15-28)43-24-30-18-12-26-8-4-6-10-34(26)39-30)29-16-22-33(23-17-29)44-25-31-19-13-27-9-5-7-11-35(27)40-31/h4-23,36H,24-25H2,1-3H3. The van der Waals surface area contributed by atoms with E-state index in [1.807, 2.05) is 123 Å². The van der Waals surface area contributed by atoms with E-state index in [9.17, 15) is 4.79 Å². The minimum atomic E-state index is -0.830. The van der Waals surface area contributed by atoms with E-state index in [4.69, 9.17) is 24.2 Å². The molecule has 0 aliphatic rings. The normalized spacial score (nSPS) is 11.5. The number of aromatic nitrogens is 2. The lowest BCUT2D eigenvalue weighted by molar-refractivity contribution is -0.151. The third-order valence-electron chi connectivity index (χ3n) is 7.95. The van der Waals surface area contributed by atoms with Crippen LogP contribution in [0.3, 0.4) is 0 Å². The van der Waals surface area contributed by atoms with Crippen molar-refractivity contribution in [3.63, 3.8) is 0 Å². The first-order valence-corrected chi connectivity index (χ1v) is 14.6. The van der Waals surface area contributed by atoms with Gasteiger partial charge in [0.05, 0.1) is 34.9 Å². The summed E-state index contributed by atoms with van der Waals surface area (Å²) in [6, 6.07) is 39.9. The number of carbonyl (C=O) groups is 1. The first-order chi connectivity index (χ1) is 21.4. The fourth-order valence-corrected chi connectivity index (χ4v) is 5.61. The number of pyridine rings is 2. The van der Waals surface area contributed by atoms with Gasteiger partial charge in [0, 0.05) is 16.7 Å². The third kappa shape index (κ3) is 6.25. The van der Waals surface area contributed by atoms with Crippen molar-refractivity contribution in [2.75, 3.05) is 7.11 Å². The molecule has 2 aromatic heterocycles. The molecule has 6 heteroatoms. The molecule has 0 N–H and O–H groups in total. The van der Waals surface area contributed by atoms with Crippen LogP contribution in [0.25, 0.3) is 21.8 Å². The number of hydrogen-bond acceptors (Lipinski definition) is 6. The number of fused-ring (bicyclic) bond motifs is 2. The van der Waals surface area contributed by atoms with Gasteiger partial charge < -0.3 is 14.2 Å². The zero-order chi connectivity index (χ0) is 30.5. The summed E-state index contributed by atoms with van der Waals surface area (Å²) in [6.07, 6.45) is 0. The van der Waals surface area contributed by atoms with Crippen molar-refractivity contribution in [3.8, 4) is 11.5 Å². The van der Waals surface area contributed by atoms with Gasteiger partial charge in [-0.25, -0.2) is 9.97 Å². The molecule has 0 saturated carbocycles. The van der Waals surface area contributed by atoms with Crippen molar-refractivity contribution < 1.29 is 19.0 Å². The highest BCUT2D eigenvalue weighted by atomic mass is 16.5. The van der Waals surface area contributed by atoms with Gasteiger partial charge in [-0.05, 0) is 73.5 Å². The number of rotatable bonds is 10. The van der Waals surface area contributed by atoms with Crippen molar-refractivity contribution in [1.82, 2.24) is 9.97 Å². The van der Waals surface area contributed by atoms with E-state index >= 15 is 0 Å². The number of carbonyl (C=O) groups excluding carboxylic acids is 1. The second-order valence-electron chi connectivity index (χ2n) is 11.4. The van der Waals surface area contributed by atoms with Gasteiger partial charge in [-0.3, -0.25) is 4.79 Å². The Labute approximate surface area is 257 Å². The van der Waals surface area contributed by atoms with E-state index in [-0.39, 0.29) is 11.9 Å². The molecule has 0 aliphatic heterocycles. The maximum atomic E-state index is 13.0. The maximum Gasteiger partial charge on any atom is 0.312 e. The highest BCUT2D eigenvalue weighted by Gasteiger charge is 2.40. The van der Waals surface area contributed by atoms with E-state index < -0.39 is 5.41 Å². The highest BCUT2D eigenvalue weighted by Crippen LogP contribution is 2.42. The molecular formula is C38H34N2O4. The summed E-state index contributed by atoms with van der Waals surface area (Å²) < 4.78 is 17.3. The Morgan fingerprint density at radius 3 is 1.48 bits per heavy atom. The van der Waals surface area contributed by atoms with Crippen LogP contribution in [0.5, 0.6) is 11.5 Å². The summed E-state index contributed by atoms with van der Waals surface area (Å²) in [7, 11) is 1.43. The van der Waals surface area contributed by atoms with E-state index in [0.29, 0.717) is 13.2 Å². The summed E-state index contributed by atoms with van der Waals surface area (Å²) in [6.45, 7) is 4.54. The highest BCUT2D eigenvalue weighted by molar-refractivity contribution is 5.79. The largest absolute Gasteiger partial charge is 0.487 e. The topological polar surface area (TPSA) is 70.5 Å². The van der Waals surface area contributed by atoms with Crippen LogP contribution in [0.1, 0.15) is 42.3 Å². The Hall–Kier alpha value is -5.23. The predicted molar refractivity (Wildman–Crippen MR) is 173 cm³/mol. The molecule has 6 rings (SSSR count). The molecule has 0 atom stereocenters. The zero-order valence-electron chi connectivity index (χ0n) is 25.1. The molecule has 0 radical (unpaired) electrons. The molecule has 4 aromatic carbocycles. The Morgan fingerprint density at radius 1 is 0.614 bits per heavy atom. The summed E-state index contributed by atoms with van der Waals surface area (Å²) in [4.78, 5) is 22.4. The van der Waals surface area contributed by atoms with Gasteiger partial charge in [0.1, 0.15) is 24.7 Å². The molecule has 0 unspecified atom stereocenters. The van der Waals surface area contributed by atoms with Gasteiger partial charge in [0.15, 0.2) is 0 Å². The van der Waals surface area contributed by atoms with Crippen LogP contribution in [0.4, 0.5) is 0 Å². The smallest absolute Gasteiger partial charge is 0.312 e. The number of nitrogens with zero attached hydrogens (tertiary/aromatic N) is 2. The molecule has 0 bridgehead atoms. The molecule has 44 heavy (non-hydrogen) atoms. The molecule has 0 fully saturated rings. The lowest BCUT2D eigenvalue weighted by Crippen LogP contribution is -2.33. The number of ether oxygens (including phenoxy) is 3. The van der Waals surface area contributed by atoms with Crippen molar-refractivity contribution in [1.29, 1.82) is 0 Å². The Morgan fingerprint density at radius 2 is 1.05 bits per heavy atom. The SMILES string of the molecule is COC(=O)C(C)(C)C(c1ccc(OCc2ccc3ccccc3n2)cc1)c1ccc(OCc2ccc3ccccc3n2)cc1. The van der Waals surface area contributed by atoms with Crippen LogP contribution >= 0.6 is 0 Å². The summed E-state index contributed by atoms with van der Waals surface area (Å²) in [5.41, 5.74) is 4.73. The zero-order valence-corrected chi connectivity index (χ0v) is 25.1. The third-order valence-corrected chi connectivity index (χ3v) is 7.95. The predicted octanol–water partition coefficient (Wildman–Crippen LogP) is 8.27. The average Bonchev–Trinajstić information content (AvgIpc) is 3.07. The average molecular weight is 583 g/mol. The van der Waals surface area contributed by atoms with Crippen LogP contribution in [0, 0.1) is 5.41 Å². The van der Waals surface area contributed by atoms with Crippen LogP contribution in [0.15, 0.2) is 121 Å². The second kappa shape index (κ2) is 12.6. The minimum absolute atomic E-state index is 0.262. The number of methoxy groups -OCH3 is 1. The van der Waals surface area contributed by atoms with E-state index in [1.165, 1.54) is 7.11 Å². The number of hydrogen-bond donors (Lipinski definition) is 0. The summed E-state index contributed by atoms with van der Waals surface area (Å²) >= 11 is 0. The molecule has 220 valence electrons. The number of benzene rings is 4. The van der Waals surface area contributed by atoms with Crippen LogP contribution in [-0.2, 0) is 22.7 Å². The second-order valence-corrected chi connectivity index (χ2v) is 11.4. The van der Waals surface area contributed by atoms with Gasteiger partial charge in [0.2, 0.25) is 0 Å². The quantitative estimate of drug-likeness (QED) is 0.151. The lowest BCUT2D eigenvalue weighted by atomic mass is 9.71. The van der Waals surface area contributed by atoms with Gasteiger partial charge in [-0.1, -0.05) is 72.8 Å². The molecule has 6 aromatic rings. The fraction of sp³-hybridized carbons (Fsp3) is 0.184. The van der Waals surface area contributed by atoms with Crippen LogP contribution < -0.4 is 9.47 Å². The molecule has 0 aliphatic carbocycles. The molecule has 6 nitrogen and oxygen atoms in total. The fourth-order valence-electron chi connectivity index (χ4n) is 5.61. The van der Waals surface area contributed by atoms with E-state index in [0.717, 1.165) is 55.8 Å². The van der Waals surface area contributed by atoms with Crippen molar-refractivity contribution >= 4 is 27.8 Å². The van der Waals surface area contributed by atoms with Crippen molar-refractivity contribution in [2.24, 2.45) is 5.41 Å². The van der Waals surface area contributed by atoms with Crippen LogP contribution in [-0.4, -0.2) is 23.0 Å². The molecular weight excluding hydrogens is 548 g/mol. The summed E-state index contributed by atoms with van der Waals surface area (Å²) in [5.74, 6) is 0.907. The molecule has 2 heterocycles. The van der Waals surface area contributed by atoms with Crippen molar-refractivity contribution in [2.45, 2.75) is 33.0 Å². The van der Waals surface area contributed by atoms with Gasteiger partial charge in [-0.2, -0.15) is 0 Å². The van der Waals surface area contributed by atoms with Crippen molar-refractivity contribution in [3.05, 3.63) is 144 Å². The monoisotopic (exact) mass is 582 g/mol. The Bertz CT molecular complexity index is 1770. The maximum absolute atomic E-state index is 13.0. The first-order valence-electron chi connectivity index (χ1n) is 14.6. The first kappa shape index (κ1) is 28.9. The molecule has 0 spiro atoms. The van der Waals surface area contributed by atoms with E-state index in [1.54, 1.807) is 0 Å². The molecule has 0 saturated heterocycles. The lowest BCUT2D eigenvalue weighted by Gasteiger charge is -2.33. The minimum Gasteiger partial charge on any atom is -0.487 e.